The largest absolute Gasteiger partial charge is 0.316 e. The van der Waals surface area contributed by atoms with Crippen LogP contribution in [0.3, 0.4) is 0 Å². The molecule has 1 fully saturated rings. The summed E-state index contributed by atoms with van der Waals surface area (Å²) in [4.78, 5) is 0. The van der Waals surface area contributed by atoms with Crippen molar-refractivity contribution in [2.24, 2.45) is 5.92 Å². The van der Waals surface area contributed by atoms with E-state index in [4.69, 9.17) is 0 Å². The highest BCUT2D eigenvalue weighted by molar-refractivity contribution is 9.10. The van der Waals surface area contributed by atoms with Gasteiger partial charge in [-0.3, -0.25) is 4.68 Å². The van der Waals surface area contributed by atoms with Crippen LogP contribution in [0.2, 0.25) is 0 Å². The zero-order valence-corrected chi connectivity index (χ0v) is 13.6. The Hall–Kier alpha value is -0.420. The maximum Gasteiger partial charge on any atom is 0.117 e. The first-order chi connectivity index (χ1) is 8.95. The van der Waals surface area contributed by atoms with Crippen LogP contribution >= 0.6 is 15.9 Å². The molecule has 1 aromatic heterocycles. The van der Waals surface area contributed by atoms with E-state index in [1.165, 1.54) is 0 Å². The summed E-state index contributed by atoms with van der Waals surface area (Å²) in [6.45, 7) is 8.31. The summed E-state index contributed by atoms with van der Waals surface area (Å²) >= 11 is 3.55. The summed E-state index contributed by atoms with van der Waals surface area (Å²) in [5.74, 6) is 0.0914. The van der Waals surface area contributed by atoms with Crippen LogP contribution in [0.15, 0.2) is 4.47 Å². The van der Waals surface area contributed by atoms with Gasteiger partial charge in [-0.05, 0) is 56.1 Å². The Morgan fingerprint density at radius 1 is 1.58 bits per heavy atom. The van der Waals surface area contributed by atoms with Gasteiger partial charge in [0.05, 0.1) is 15.9 Å². The molecule has 0 saturated carbocycles. The summed E-state index contributed by atoms with van der Waals surface area (Å²) in [5, 5.41) is 7.75. The minimum atomic E-state index is -1.19. The summed E-state index contributed by atoms with van der Waals surface area (Å²) in [5.41, 5.74) is 0.736. The maximum atomic E-state index is 15.1. The number of alkyl halides is 1. The molecule has 0 spiro atoms. The second-order valence-electron chi connectivity index (χ2n) is 5.66. The number of rotatable bonds is 4. The Bertz CT molecular complexity index is 436. The van der Waals surface area contributed by atoms with E-state index in [0.717, 1.165) is 48.3 Å². The Labute approximate surface area is 123 Å². The highest BCUT2D eigenvalue weighted by atomic mass is 79.9. The summed E-state index contributed by atoms with van der Waals surface area (Å²) < 4.78 is 17.9. The monoisotopic (exact) mass is 331 g/mol. The van der Waals surface area contributed by atoms with Crippen molar-refractivity contribution in [1.82, 2.24) is 15.1 Å². The highest BCUT2D eigenvalue weighted by Gasteiger charge is 2.36. The molecule has 1 aromatic rings. The lowest BCUT2D eigenvalue weighted by atomic mass is 9.82. The van der Waals surface area contributed by atoms with Crippen molar-refractivity contribution in [1.29, 1.82) is 0 Å². The molecular weight excluding hydrogens is 309 g/mol. The summed E-state index contributed by atoms with van der Waals surface area (Å²) in [7, 11) is 0. The molecule has 0 aromatic carbocycles. The van der Waals surface area contributed by atoms with Gasteiger partial charge in [-0.2, -0.15) is 5.10 Å². The maximum absolute atomic E-state index is 15.1. The number of piperidine rings is 1. The summed E-state index contributed by atoms with van der Waals surface area (Å²) in [6.07, 6.45) is 2.46. The molecule has 3 nitrogen and oxygen atoms in total. The fraction of sp³-hybridized carbons (Fsp3) is 0.786. The Morgan fingerprint density at radius 2 is 2.32 bits per heavy atom. The number of hydrogen-bond donors (Lipinski definition) is 1. The molecule has 2 rings (SSSR count). The SMILES string of the molecule is CCn1nc(C)c(Br)c1CC(C)(F)C1CCCNC1. The third kappa shape index (κ3) is 3.19. The van der Waals surface area contributed by atoms with E-state index in [1.807, 2.05) is 18.5 Å². The minimum Gasteiger partial charge on any atom is -0.316 e. The highest BCUT2D eigenvalue weighted by Crippen LogP contribution is 2.34. The van der Waals surface area contributed by atoms with E-state index < -0.39 is 5.67 Å². The topological polar surface area (TPSA) is 29.9 Å². The summed E-state index contributed by atoms with van der Waals surface area (Å²) in [6, 6.07) is 0. The van der Waals surface area contributed by atoms with Gasteiger partial charge in [0.15, 0.2) is 0 Å². The van der Waals surface area contributed by atoms with Crippen LogP contribution in [-0.4, -0.2) is 28.5 Å². The van der Waals surface area contributed by atoms with Gasteiger partial charge in [0.2, 0.25) is 0 Å². The average Bonchev–Trinajstić information content (AvgIpc) is 2.67. The van der Waals surface area contributed by atoms with E-state index in [9.17, 15) is 0 Å². The first-order valence-electron chi connectivity index (χ1n) is 7.07. The van der Waals surface area contributed by atoms with E-state index in [2.05, 4.69) is 26.3 Å². The number of nitrogens with one attached hydrogen (secondary N) is 1. The number of aromatic nitrogens is 2. The van der Waals surface area contributed by atoms with Crippen LogP contribution in [0.5, 0.6) is 0 Å². The van der Waals surface area contributed by atoms with Crippen LogP contribution in [0.4, 0.5) is 4.39 Å². The smallest absolute Gasteiger partial charge is 0.117 e. The molecule has 2 atom stereocenters. The Morgan fingerprint density at radius 3 is 2.89 bits per heavy atom. The standard InChI is InChI=1S/C14H23BrFN3/c1-4-19-12(13(15)10(2)18-19)8-14(3,16)11-6-5-7-17-9-11/h11,17H,4-9H2,1-3H3. The van der Waals surface area contributed by atoms with Gasteiger partial charge in [0.1, 0.15) is 5.67 Å². The van der Waals surface area contributed by atoms with Crippen LogP contribution < -0.4 is 5.32 Å². The zero-order valence-electron chi connectivity index (χ0n) is 12.0. The quantitative estimate of drug-likeness (QED) is 0.917. The van der Waals surface area contributed by atoms with E-state index in [1.54, 1.807) is 6.92 Å². The van der Waals surface area contributed by atoms with Crippen molar-refractivity contribution in [3.8, 4) is 0 Å². The molecule has 2 unspecified atom stereocenters. The number of hydrogen-bond acceptors (Lipinski definition) is 2. The molecule has 5 heteroatoms. The lowest BCUT2D eigenvalue weighted by molar-refractivity contribution is 0.0809. The molecule has 0 aliphatic carbocycles. The predicted molar refractivity (Wildman–Crippen MR) is 79.1 cm³/mol. The molecule has 0 amide bonds. The molecule has 2 heterocycles. The third-order valence-corrected chi connectivity index (χ3v) is 5.15. The minimum absolute atomic E-state index is 0.0914. The second-order valence-corrected chi connectivity index (χ2v) is 6.45. The molecule has 1 aliphatic heterocycles. The molecule has 1 saturated heterocycles. The molecule has 19 heavy (non-hydrogen) atoms. The lowest BCUT2D eigenvalue weighted by Crippen LogP contribution is -2.43. The first kappa shape index (κ1) is 15.0. The van der Waals surface area contributed by atoms with Gasteiger partial charge < -0.3 is 5.32 Å². The fourth-order valence-corrected chi connectivity index (χ4v) is 3.30. The second kappa shape index (κ2) is 5.92. The Kier molecular flexibility index (Phi) is 4.66. The molecule has 1 N–H and O–H groups in total. The Balaban J connectivity index is 2.19. The van der Waals surface area contributed by atoms with E-state index in [-0.39, 0.29) is 5.92 Å². The van der Waals surface area contributed by atoms with Crippen molar-refractivity contribution < 1.29 is 4.39 Å². The number of halogens is 2. The molecule has 1 aliphatic rings. The number of aryl methyl sites for hydroxylation is 2. The third-order valence-electron chi connectivity index (χ3n) is 4.11. The van der Waals surface area contributed by atoms with Crippen LogP contribution in [0.1, 0.15) is 38.1 Å². The van der Waals surface area contributed by atoms with Gasteiger partial charge in [0, 0.05) is 25.4 Å². The molecular formula is C14H23BrFN3. The van der Waals surface area contributed by atoms with Crippen LogP contribution in [0.25, 0.3) is 0 Å². The van der Waals surface area contributed by atoms with Crippen molar-refractivity contribution in [2.45, 2.75) is 52.2 Å². The van der Waals surface area contributed by atoms with Crippen molar-refractivity contribution >= 4 is 15.9 Å². The van der Waals surface area contributed by atoms with Crippen molar-refractivity contribution in [2.75, 3.05) is 13.1 Å². The zero-order chi connectivity index (χ0) is 14.0. The van der Waals surface area contributed by atoms with E-state index >= 15 is 4.39 Å². The van der Waals surface area contributed by atoms with Gasteiger partial charge in [-0.15, -0.1) is 0 Å². The molecule has 0 bridgehead atoms. The van der Waals surface area contributed by atoms with Crippen molar-refractivity contribution in [3.05, 3.63) is 15.9 Å². The van der Waals surface area contributed by atoms with Crippen LogP contribution in [0, 0.1) is 12.8 Å². The first-order valence-corrected chi connectivity index (χ1v) is 7.86. The lowest BCUT2D eigenvalue weighted by Gasteiger charge is -2.34. The normalized spacial score (nSPS) is 23.3. The molecule has 108 valence electrons. The van der Waals surface area contributed by atoms with Gasteiger partial charge >= 0.3 is 0 Å². The van der Waals surface area contributed by atoms with Gasteiger partial charge in [-0.25, -0.2) is 4.39 Å². The molecule has 0 radical (unpaired) electrons. The van der Waals surface area contributed by atoms with Crippen LogP contribution in [-0.2, 0) is 13.0 Å². The predicted octanol–water partition coefficient (Wildman–Crippen LogP) is 3.24. The average molecular weight is 332 g/mol. The number of nitrogens with zero attached hydrogens (tertiary/aromatic N) is 2. The van der Waals surface area contributed by atoms with Gasteiger partial charge in [-0.1, -0.05) is 0 Å². The van der Waals surface area contributed by atoms with Gasteiger partial charge in [0.25, 0.3) is 0 Å². The fourth-order valence-electron chi connectivity index (χ4n) is 2.88. The van der Waals surface area contributed by atoms with Crippen molar-refractivity contribution in [3.63, 3.8) is 0 Å². The van der Waals surface area contributed by atoms with E-state index in [0.29, 0.717) is 6.42 Å².